The Morgan fingerprint density at radius 2 is 1.62 bits per heavy atom. The van der Waals surface area contributed by atoms with Gasteiger partial charge in [-0.05, 0) is 49.2 Å². The highest BCUT2D eigenvalue weighted by atomic mass is 16.5. The van der Waals surface area contributed by atoms with Gasteiger partial charge >= 0.3 is 0 Å². The van der Waals surface area contributed by atoms with Crippen LogP contribution in [0.3, 0.4) is 0 Å². The summed E-state index contributed by atoms with van der Waals surface area (Å²) in [6.45, 7) is 5.57. The normalized spacial score (nSPS) is 11.0. The molecule has 4 aromatic rings. The second kappa shape index (κ2) is 7.04. The number of benzene rings is 3. The molecule has 4 rings (SSSR count). The molecule has 3 nitrogen and oxygen atoms in total. The van der Waals surface area contributed by atoms with E-state index in [0.29, 0.717) is 6.61 Å². The molecule has 0 aliphatic rings. The van der Waals surface area contributed by atoms with Gasteiger partial charge in [-0.15, -0.1) is 0 Å². The summed E-state index contributed by atoms with van der Waals surface area (Å²) in [5, 5.41) is 0. The SMILES string of the molecule is Cc1ccc(OCCn2c(-c3ccccc3)nc3ccccc32)cc1C. The van der Waals surface area contributed by atoms with Gasteiger partial charge in [0.1, 0.15) is 18.2 Å². The summed E-state index contributed by atoms with van der Waals surface area (Å²) in [6, 6.07) is 24.8. The quantitative estimate of drug-likeness (QED) is 0.485. The monoisotopic (exact) mass is 342 g/mol. The first-order chi connectivity index (χ1) is 12.7. The molecule has 0 saturated carbocycles. The Hall–Kier alpha value is -3.07. The minimum atomic E-state index is 0.600. The van der Waals surface area contributed by atoms with Crippen LogP contribution >= 0.6 is 0 Å². The number of aryl methyl sites for hydroxylation is 2. The molecule has 130 valence electrons. The van der Waals surface area contributed by atoms with E-state index in [4.69, 9.17) is 9.72 Å². The summed E-state index contributed by atoms with van der Waals surface area (Å²) < 4.78 is 8.25. The Labute approximate surface area is 153 Å². The van der Waals surface area contributed by atoms with Crippen molar-refractivity contribution in [3.05, 3.63) is 83.9 Å². The molecule has 0 saturated heterocycles. The van der Waals surface area contributed by atoms with E-state index in [1.165, 1.54) is 11.1 Å². The van der Waals surface area contributed by atoms with Crippen LogP contribution in [0.15, 0.2) is 72.8 Å². The number of hydrogen-bond acceptors (Lipinski definition) is 2. The summed E-state index contributed by atoms with van der Waals surface area (Å²) in [7, 11) is 0. The highest BCUT2D eigenvalue weighted by Gasteiger charge is 2.12. The number of para-hydroxylation sites is 2. The summed E-state index contributed by atoms with van der Waals surface area (Å²) in [6.07, 6.45) is 0. The van der Waals surface area contributed by atoms with Crippen molar-refractivity contribution in [2.45, 2.75) is 20.4 Å². The molecule has 3 heteroatoms. The van der Waals surface area contributed by atoms with Crippen molar-refractivity contribution in [1.82, 2.24) is 9.55 Å². The largest absolute Gasteiger partial charge is 0.492 e. The fourth-order valence-corrected chi connectivity index (χ4v) is 3.17. The molecular formula is C23H22N2O. The van der Waals surface area contributed by atoms with Gasteiger partial charge in [0.05, 0.1) is 17.6 Å². The second-order valence-corrected chi connectivity index (χ2v) is 6.54. The topological polar surface area (TPSA) is 27.1 Å². The summed E-state index contributed by atoms with van der Waals surface area (Å²) in [5.74, 6) is 1.90. The van der Waals surface area contributed by atoms with Crippen molar-refractivity contribution in [3.8, 4) is 17.1 Å². The van der Waals surface area contributed by atoms with E-state index >= 15 is 0 Å². The molecule has 0 unspecified atom stereocenters. The average Bonchev–Trinajstić information content (AvgIpc) is 3.04. The first-order valence-corrected chi connectivity index (χ1v) is 8.93. The van der Waals surface area contributed by atoms with Gasteiger partial charge in [0.2, 0.25) is 0 Å². The van der Waals surface area contributed by atoms with Crippen molar-refractivity contribution < 1.29 is 4.74 Å². The fraction of sp³-hybridized carbons (Fsp3) is 0.174. The Morgan fingerprint density at radius 3 is 2.42 bits per heavy atom. The van der Waals surface area contributed by atoms with Crippen LogP contribution in [0.2, 0.25) is 0 Å². The van der Waals surface area contributed by atoms with Gasteiger partial charge in [0.25, 0.3) is 0 Å². The Balaban J connectivity index is 1.61. The molecule has 1 aromatic heterocycles. The first kappa shape index (κ1) is 16.4. The van der Waals surface area contributed by atoms with Crippen molar-refractivity contribution in [2.24, 2.45) is 0 Å². The highest BCUT2D eigenvalue weighted by molar-refractivity contribution is 5.80. The predicted molar refractivity (Wildman–Crippen MR) is 107 cm³/mol. The van der Waals surface area contributed by atoms with E-state index in [2.05, 4.69) is 60.9 Å². The van der Waals surface area contributed by atoms with E-state index in [-0.39, 0.29) is 0 Å². The van der Waals surface area contributed by atoms with E-state index < -0.39 is 0 Å². The number of hydrogen-bond donors (Lipinski definition) is 0. The molecule has 0 aliphatic carbocycles. The number of nitrogens with zero attached hydrogens (tertiary/aromatic N) is 2. The van der Waals surface area contributed by atoms with Gasteiger partial charge in [-0.25, -0.2) is 4.98 Å². The minimum Gasteiger partial charge on any atom is -0.492 e. The van der Waals surface area contributed by atoms with Crippen molar-refractivity contribution in [2.75, 3.05) is 6.61 Å². The third-order valence-electron chi connectivity index (χ3n) is 4.75. The van der Waals surface area contributed by atoms with Gasteiger partial charge in [0.15, 0.2) is 0 Å². The summed E-state index contributed by atoms with van der Waals surface area (Å²) >= 11 is 0. The third kappa shape index (κ3) is 3.21. The van der Waals surface area contributed by atoms with Crippen LogP contribution in [-0.2, 0) is 6.54 Å². The number of rotatable bonds is 5. The zero-order valence-corrected chi connectivity index (χ0v) is 15.1. The molecule has 0 fully saturated rings. The lowest BCUT2D eigenvalue weighted by atomic mass is 10.1. The van der Waals surface area contributed by atoms with Crippen molar-refractivity contribution in [3.63, 3.8) is 0 Å². The lowest BCUT2D eigenvalue weighted by molar-refractivity contribution is 0.300. The Bertz CT molecular complexity index is 1030. The maximum atomic E-state index is 6.01. The van der Waals surface area contributed by atoms with Gasteiger partial charge in [0, 0.05) is 5.56 Å². The molecule has 26 heavy (non-hydrogen) atoms. The van der Waals surface area contributed by atoms with Crippen LogP contribution in [-0.4, -0.2) is 16.2 Å². The molecule has 0 amide bonds. The molecular weight excluding hydrogens is 320 g/mol. The van der Waals surface area contributed by atoms with Crippen LogP contribution in [0.4, 0.5) is 0 Å². The van der Waals surface area contributed by atoms with Crippen LogP contribution in [0.1, 0.15) is 11.1 Å². The van der Waals surface area contributed by atoms with E-state index in [9.17, 15) is 0 Å². The van der Waals surface area contributed by atoms with Crippen LogP contribution in [0, 0.1) is 13.8 Å². The summed E-state index contributed by atoms with van der Waals surface area (Å²) in [5.41, 5.74) is 5.80. The third-order valence-corrected chi connectivity index (χ3v) is 4.75. The Kier molecular flexibility index (Phi) is 4.44. The van der Waals surface area contributed by atoms with Crippen LogP contribution < -0.4 is 4.74 Å². The average molecular weight is 342 g/mol. The Morgan fingerprint density at radius 1 is 0.846 bits per heavy atom. The zero-order chi connectivity index (χ0) is 17.9. The maximum absolute atomic E-state index is 6.01. The second-order valence-electron chi connectivity index (χ2n) is 6.54. The molecule has 0 N–H and O–H groups in total. The lowest BCUT2D eigenvalue weighted by Crippen LogP contribution is -2.09. The van der Waals surface area contributed by atoms with E-state index in [0.717, 1.165) is 34.7 Å². The molecule has 3 aromatic carbocycles. The highest BCUT2D eigenvalue weighted by Crippen LogP contribution is 2.25. The molecule has 0 spiro atoms. The van der Waals surface area contributed by atoms with Gasteiger partial charge in [-0.2, -0.15) is 0 Å². The molecule has 0 radical (unpaired) electrons. The predicted octanol–water partition coefficient (Wildman–Crippen LogP) is 5.40. The number of ether oxygens (including phenoxy) is 1. The number of fused-ring (bicyclic) bond motifs is 1. The van der Waals surface area contributed by atoms with Crippen LogP contribution in [0.5, 0.6) is 5.75 Å². The minimum absolute atomic E-state index is 0.600. The van der Waals surface area contributed by atoms with Crippen molar-refractivity contribution >= 4 is 11.0 Å². The van der Waals surface area contributed by atoms with E-state index in [1.807, 2.05) is 30.3 Å². The molecule has 0 aliphatic heterocycles. The smallest absolute Gasteiger partial charge is 0.141 e. The number of aromatic nitrogens is 2. The standard InChI is InChI=1S/C23H22N2O/c1-17-12-13-20(16-18(17)2)26-15-14-25-22-11-7-6-10-21(22)24-23(25)19-8-4-3-5-9-19/h3-13,16H,14-15H2,1-2H3. The molecule has 1 heterocycles. The zero-order valence-electron chi connectivity index (χ0n) is 15.1. The maximum Gasteiger partial charge on any atom is 0.141 e. The van der Waals surface area contributed by atoms with Gasteiger partial charge in [-0.1, -0.05) is 48.5 Å². The van der Waals surface area contributed by atoms with Gasteiger partial charge in [-0.3, -0.25) is 0 Å². The van der Waals surface area contributed by atoms with Gasteiger partial charge < -0.3 is 9.30 Å². The number of imidazole rings is 1. The molecule has 0 atom stereocenters. The lowest BCUT2D eigenvalue weighted by Gasteiger charge is -2.12. The molecule has 0 bridgehead atoms. The summed E-state index contributed by atoms with van der Waals surface area (Å²) in [4.78, 5) is 4.84. The first-order valence-electron chi connectivity index (χ1n) is 8.93. The van der Waals surface area contributed by atoms with Crippen molar-refractivity contribution in [1.29, 1.82) is 0 Å². The fourth-order valence-electron chi connectivity index (χ4n) is 3.17. The van der Waals surface area contributed by atoms with Crippen LogP contribution in [0.25, 0.3) is 22.4 Å². The van der Waals surface area contributed by atoms with E-state index in [1.54, 1.807) is 0 Å².